The summed E-state index contributed by atoms with van der Waals surface area (Å²) in [6.07, 6.45) is 5.40. The molecule has 0 amide bonds. The highest BCUT2D eigenvalue weighted by atomic mass is 32.1. The van der Waals surface area contributed by atoms with Crippen LogP contribution >= 0.6 is 11.3 Å². The lowest BCUT2D eigenvalue weighted by atomic mass is 9.86. The zero-order valence-corrected chi connectivity index (χ0v) is 11.9. The van der Waals surface area contributed by atoms with Crippen LogP contribution in [0.25, 0.3) is 0 Å². The summed E-state index contributed by atoms with van der Waals surface area (Å²) in [6, 6.07) is 0.687. The molecule has 1 fully saturated rings. The molecule has 0 saturated heterocycles. The van der Waals surface area contributed by atoms with Gasteiger partial charge in [-0.2, -0.15) is 0 Å². The third-order valence-electron chi connectivity index (χ3n) is 3.66. The van der Waals surface area contributed by atoms with Gasteiger partial charge in [0.25, 0.3) is 0 Å². The molecule has 2 unspecified atom stereocenters. The summed E-state index contributed by atoms with van der Waals surface area (Å²) in [4.78, 5) is 7.07. The second-order valence-electron chi connectivity index (χ2n) is 5.19. The number of aromatic nitrogens is 1. The zero-order valence-electron chi connectivity index (χ0n) is 11.1. The van der Waals surface area contributed by atoms with Gasteiger partial charge in [-0.15, -0.1) is 11.3 Å². The Bertz CT molecular complexity index is 350. The van der Waals surface area contributed by atoms with Crippen LogP contribution in [-0.2, 0) is 6.54 Å². The lowest BCUT2D eigenvalue weighted by molar-refractivity contribution is 0.336. The standard InChI is InChI=1S/C13H23N3S/c1-10-5-4-6-12(7-10)16(3)13-15-11(8-14-2)9-17-13/h9-10,12,14H,4-8H2,1-3H3. The van der Waals surface area contributed by atoms with Gasteiger partial charge in [0.15, 0.2) is 5.13 Å². The van der Waals surface area contributed by atoms with Crippen molar-refractivity contribution in [3.8, 4) is 0 Å². The highest BCUT2D eigenvalue weighted by Crippen LogP contribution is 2.30. The summed E-state index contributed by atoms with van der Waals surface area (Å²) in [5, 5.41) is 6.49. The second kappa shape index (κ2) is 5.83. The van der Waals surface area contributed by atoms with E-state index in [1.807, 2.05) is 7.05 Å². The van der Waals surface area contributed by atoms with Crippen molar-refractivity contribution in [2.75, 3.05) is 19.0 Å². The van der Waals surface area contributed by atoms with Gasteiger partial charge in [-0.25, -0.2) is 4.98 Å². The van der Waals surface area contributed by atoms with Crippen LogP contribution < -0.4 is 10.2 Å². The van der Waals surface area contributed by atoms with Gasteiger partial charge in [0.2, 0.25) is 0 Å². The molecule has 1 aromatic rings. The molecule has 0 spiro atoms. The van der Waals surface area contributed by atoms with Crippen LogP contribution in [0.2, 0.25) is 0 Å². The first-order valence-electron chi connectivity index (χ1n) is 6.52. The summed E-state index contributed by atoms with van der Waals surface area (Å²) in [7, 11) is 4.16. The third kappa shape index (κ3) is 3.19. The van der Waals surface area contributed by atoms with Crippen molar-refractivity contribution >= 4 is 16.5 Å². The first-order valence-corrected chi connectivity index (χ1v) is 7.40. The Balaban J connectivity index is 1.99. The van der Waals surface area contributed by atoms with Crippen LogP contribution in [-0.4, -0.2) is 25.1 Å². The Morgan fingerprint density at radius 2 is 2.35 bits per heavy atom. The van der Waals surface area contributed by atoms with E-state index < -0.39 is 0 Å². The van der Waals surface area contributed by atoms with Crippen LogP contribution in [0.4, 0.5) is 5.13 Å². The van der Waals surface area contributed by atoms with E-state index in [0.717, 1.165) is 18.2 Å². The number of nitrogens with one attached hydrogen (secondary N) is 1. The minimum Gasteiger partial charge on any atom is -0.348 e. The molecular weight excluding hydrogens is 230 g/mol. The summed E-state index contributed by atoms with van der Waals surface area (Å²) in [5.74, 6) is 0.868. The van der Waals surface area contributed by atoms with Gasteiger partial charge in [-0.3, -0.25) is 0 Å². The largest absolute Gasteiger partial charge is 0.348 e. The van der Waals surface area contributed by atoms with Crippen LogP contribution in [0, 0.1) is 5.92 Å². The molecular formula is C13H23N3S. The first-order chi connectivity index (χ1) is 8.20. The molecule has 0 aromatic carbocycles. The molecule has 1 aliphatic carbocycles. The lowest BCUT2D eigenvalue weighted by Gasteiger charge is -2.33. The normalized spacial score (nSPS) is 24.9. The number of rotatable bonds is 4. The maximum absolute atomic E-state index is 4.68. The predicted molar refractivity (Wildman–Crippen MR) is 74.7 cm³/mol. The third-order valence-corrected chi connectivity index (χ3v) is 4.64. The highest BCUT2D eigenvalue weighted by molar-refractivity contribution is 7.13. The van der Waals surface area contributed by atoms with Crippen LogP contribution in [0.5, 0.6) is 0 Å². The summed E-state index contributed by atoms with van der Waals surface area (Å²) in [6.45, 7) is 3.24. The van der Waals surface area contributed by atoms with E-state index in [2.05, 4.69) is 34.6 Å². The van der Waals surface area contributed by atoms with Crippen molar-refractivity contribution < 1.29 is 0 Å². The number of hydrogen-bond acceptors (Lipinski definition) is 4. The summed E-state index contributed by atoms with van der Waals surface area (Å²) in [5.41, 5.74) is 1.16. The molecule has 1 N–H and O–H groups in total. The molecule has 4 heteroatoms. The smallest absolute Gasteiger partial charge is 0.185 e. The number of hydrogen-bond donors (Lipinski definition) is 1. The van der Waals surface area contributed by atoms with E-state index in [0.29, 0.717) is 6.04 Å². The van der Waals surface area contributed by atoms with Gasteiger partial charge < -0.3 is 10.2 Å². The fraction of sp³-hybridized carbons (Fsp3) is 0.769. The van der Waals surface area contributed by atoms with Gasteiger partial charge in [0, 0.05) is 25.0 Å². The fourth-order valence-corrected chi connectivity index (χ4v) is 3.49. The molecule has 1 aliphatic rings. The van der Waals surface area contributed by atoms with E-state index in [1.165, 1.54) is 30.8 Å². The summed E-state index contributed by atoms with van der Waals surface area (Å²) < 4.78 is 0. The van der Waals surface area contributed by atoms with E-state index >= 15 is 0 Å². The maximum Gasteiger partial charge on any atom is 0.185 e. The number of thiazole rings is 1. The Labute approximate surface area is 108 Å². The highest BCUT2D eigenvalue weighted by Gasteiger charge is 2.23. The monoisotopic (exact) mass is 253 g/mol. The van der Waals surface area contributed by atoms with Gasteiger partial charge in [-0.05, 0) is 25.8 Å². The molecule has 17 heavy (non-hydrogen) atoms. The number of nitrogens with zero attached hydrogens (tertiary/aromatic N) is 2. The molecule has 0 aliphatic heterocycles. The Morgan fingerprint density at radius 1 is 1.53 bits per heavy atom. The molecule has 1 saturated carbocycles. The van der Waals surface area contributed by atoms with E-state index in [4.69, 9.17) is 0 Å². The number of anilines is 1. The average molecular weight is 253 g/mol. The van der Waals surface area contributed by atoms with Crippen molar-refractivity contribution in [2.45, 2.75) is 45.2 Å². The molecule has 96 valence electrons. The van der Waals surface area contributed by atoms with Crippen molar-refractivity contribution in [2.24, 2.45) is 5.92 Å². The Kier molecular flexibility index (Phi) is 4.40. The predicted octanol–water partition coefficient (Wildman–Crippen LogP) is 2.88. The van der Waals surface area contributed by atoms with Crippen LogP contribution in [0.3, 0.4) is 0 Å². The Morgan fingerprint density at radius 3 is 3.06 bits per heavy atom. The SMILES string of the molecule is CNCc1csc(N(C)C2CCCC(C)C2)n1. The quantitative estimate of drug-likeness (QED) is 0.894. The minimum absolute atomic E-state index is 0.687. The van der Waals surface area contributed by atoms with Gasteiger partial charge in [0.05, 0.1) is 5.69 Å². The minimum atomic E-state index is 0.687. The van der Waals surface area contributed by atoms with E-state index in [1.54, 1.807) is 11.3 Å². The molecule has 3 nitrogen and oxygen atoms in total. The molecule has 0 radical (unpaired) electrons. The summed E-state index contributed by atoms with van der Waals surface area (Å²) >= 11 is 1.77. The van der Waals surface area contributed by atoms with Crippen LogP contribution in [0.15, 0.2) is 5.38 Å². The molecule has 0 bridgehead atoms. The van der Waals surface area contributed by atoms with Crippen LogP contribution in [0.1, 0.15) is 38.3 Å². The molecule has 1 heterocycles. The van der Waals surface area contributed by atoms with Crippen molar-refractivity contribution in [1.82, 2.24) is 10.3 Å². The second-order valence-corrected chi connectivity index (χ2v) is 6.02. The molecule has 1 aromatic heterocycles. The van der Waals surface area contributed by atoms with Gasteiger partial charge in [0.1, 0.15) is 0 Å². The van der Waals surface area contributed by atoms with Gasteiger partial charge >= 0.3 is 0 Å². The van der Waals surface area contributed by atoms with E-state index in [-0.39, 0.29) is 0 Å². The topological polar surface area (TPSA) is 28.2 Å². The average Bonchev–Trinajstić information content (AvgIpc) is 2.77. The maximum atomic E-state index is 4.68. The lowest BCUT2D eigenvalue weighted by Crippen LogP contribution is -2.35. The first kappa shape index (κ1) is 12.8. The van der Waals surface area contributed by atoms with Crippen molar-refractivity contribution in [3.05, 3.63) is 11.1 Å². The molecule has 2 rings (SSSR count). The van der Waals surface area contributed by atoms with E-state index in [9.17, 15) is 0 Å². The molecule has 2 atom stereocenters. The van der Waals surface area contributed by atoms with Crippen molar-refractivity contribution in [3.63, 3.8) is 0 Å². The zero-order chi connectivity index (χ0) is 12.3. The fourth-order valence-electron chi connectivity index (χ4n) is 2.63. The Hall–Kier alpha value is -0.610. The van der Waals surface area contributed by atoms with Crippen molar-refractivity contribution in [1.29, 1.82) is 0 Å². The van der Waals surface area contributed by atoms with Gasteiger partial charge in [-0.1, -0.05) is 19.8 Å².